The quantitative estimate of drug-likeness (QED) is 0.371. The van der Waals surface area contributed by atoms with Gasteiger partial charge in [0.2, 0.25) is 10.0 Å². The van der Waals surface area contributed by atoms with Crippen molar-refractivity contribution >= 4 is 55.3 Å². The Hall–Kier alpha value is -2.79. The summed E-state index contributed by atoms with van der Waals surface area (Å²) in [4.78, 5) is 13.4. The maximum absolute atomic E-state index is 12.7. The van der Waals surface area contributed by atoms with Gasteiger partial charge in [-0.2, -0.15) is 4.31 Å². The molecular weight excluding hydrogens is 478 g/mol. The SMILES string of the molecule is COC(=O)c1cc(-c2ccccc2)sc1NC(=S)Nc1ccc(S(=O)(=O)N2CCCC2)cc1. The molecule has 0 spiro atoms. The van der Waals surface area contributed by atoms with Crippen molar-refractivity contribution in [3.63, 3.8) is 0 Å². The van der Waals surface area contributed by atoms with Gasteiger partial charge in [-0.1, -0.05) is 30.3 Å². The lowest BCUT2D eigenvalue weighted by atomic mass is 10.1. The zero-order chi connectivity index (χ0) is 23.4. The van der Waals surface area contributed by atoms with Gasteiger partial charge in [0.15, 0.2) is 5.11 Å². The normalized spacial score (nSPS) is 14.1. The third-order valence-electron chi connectivity index (χ3n) is 5.24. The smallest absolute Gasteiger partial charge is 0.340 e. The average Bonchev–Trinajstić information content (AvgIpc) is 3.50. The van der Waals surface area contributed by atoms with Gasteiger partial charge in [-0.25, -0.2) is 13.2 Å². The van der Waals surface area contributed by atoms with Gasteiger partial charge >= 0.3 is 5.97 Å². The molecule has 0 amide bonds. The lowest BCUT2D eigenvalue weighted by Crippen LogP contribution is -2.27. The number of carbonyl (C=O) groups excluding carboxylic acids is 1. The molecule has 0 radical (unpaired) electrons. The van der Waals surface area contributed by atoms with Crippen LogP contribution in [0.1, 0.15) is 23.2 Å². The van der Waals surface area contributed by atoms with Crippen LogP contribution in [0.3, 0.4) is 0 Å². The molecule has 1 aromatic heterocycles. The summed E-state index contributed by atoms with van der Waals surface area (Å²) in [5.74, 6) is -0.463. The molecule has 0 atom stereocenters. The molecule has 1 aliphatic heterocycles. The number of esters is 1. The molecule has 3 aromatic rings. The topological polar surface area (TPSA) is 87.7 Å². The number of sulfonamides is 1. The minimum absolute atomic E-state index is 0.257. The van der Waals surface area contributed by atoms with Crippen molar-refractivity contribution in [3.05, 3.63) is 66.2 Å². The largest absolute Gasteiger partial charge is 0.465 e. The summed E-state index contributed by atoms with van der Waals surface area (Å²) in [6.45, 7) is 1.12. The van der Waals surface area contributed by atoms with Crippen LogP contribution >= 0.6 is 23.6 Å². The molecule has 2 N–H and O–H groups in total. The van der Waals surface area contributed by atoms with E-state index in [-0.39, 0.29) is 10.0 Å². The van der Waals surface area contributed by atoms with Crippen molar-refractivity contribution in [1.29, 1.82) is 0 Å². The second-order valence-corrected chi connectivity index (χ2v) is 10.8. The predicted octanol–water partition coefficient (Wildman–Crippen LogP) is 4.80. The summed E-state index contributed by atoms with van der Waals surface area (Å²) >= 11 is 6.82. The van der Waals surface area contributed by atoms with E-state index in [1.807, 2.05) is 30.3 Å². The van der Waals surface area contributed by atoms with Crippen molar-refractivity contribution in [2.75, 3.05) is 30.8 Å². The van der Waals surface area contributed by atoms with Gasteiger partial charge < -0.3 is 15.4 Å². The Morgan fingerprint density at radius 3 is 2.33 bits per heavy atom. The molecule has 1 fully saturated rings. The van der Waals surface area contributed by atoms with E-state index in [9.17, 15) is 13.2 Å². The van der Waals surface area contributed by atoms with Crippen molar-refractivity contribution in [1.82, 2.24) is 4.31 Å². The van der Waals surface area contributed by atoms with E-state index >= 15 is 0 Å². The van der Waals surface area contributed by atoms with Gasteiger partial charge in [0.1, 0.15) is 5.00 Å². The fourth-order valence-corrected chi connectivity index (χ4v) is 6.40. The molecule has 0 aliphatic carbocycles. The molecule has 0 unspecified atom stereocenters. The highest BCUT2D eigenvalue weighted by Gasteiger charge is 2.27. The number of hydrogen-bond donors (Lipinski definition) is 2. The van der Waals surface area contributed by atoms with Gasteiger partial charge in [-0.3, -0.25) is 0 Å². The minimum atomic E-state index is -3.47. The molecule has 33 heavy (non-hydrogen) atoms. The van der Waals surface area contributed by atoms with E-state index in [1.165, 1.54) is 22.8 Å². The Morgan fingerprint density at radius 2 is 1.70 bits per heavy atom. The van der Waals surface area contributed by atoms with Gasteiger partial charge in [-0.05, 0) is 61.0 Å². The number of ether oxygens (including phenoxy) is 1. The van der Waals surface area contributed by atoms with E-state index in [2.05, 4.69) is 10.6 Å². The highest BCUT2D eigenvalue weighted by atomic mass is 32.2. The Balaban J connectivity index is 1.48. The summed E-state index contributed by atoms with van der Waals surface area (Å²) in [6, 6.07) is 18.0. The van der Waals surface area contributed by atoms with Crippen molar-refractivity contribution in [2.24, 2.45) is 0 Å². The van der Waals surface area contributed by atoms with E-state index in [0.29, 0.717) is 29.3 Å². The first-order chi connectivity index (χ1) is 15.9. The molecule has 2 aromatic carbocycles. The maximum atomic E-state index is 12.7. The number of nitrogens with one attached hydrogen (secondary N) is 2. The lowest BCUT2D eigenvalue weighted by Gasteiger charge is -2.16. The van der Waals surface area contributed by atoms with Crippen LogP contribution in [0.15, 0.2) is 65.6 Å². The average molecular weight is 502 g/mol. The van der Waals surface area contributed by atoms with Crippen LogP contribution < -0.4 is 10.6 Å². The number of rotatable bonds is 6. The second-order valence-electron chi connectivity index (χ2n) is 7.43. The van der Waals surface area contributed by atoms with Crippen LogP contribution in [0.5, 0.6) is 0 Å². The monoisotopic (exact) mass is 501 g/mol. The minimum Gasteiger partial charge on any atom is -0.465 e. The van der Waals surface area contributed by atoms with Crippen LogP contribution in [0.4, 0.5) is 10.7 Å². The number of thiophene rings is 1. The third-order valence-corrected chi connectivity index (χ3v) is 8.45. The van der Waals surface area contributed by atoms with Crippen molar-refractivity contribution < 1.29 is 17.9 Å². The molecule has 0 saturated carbocycles. The Morgan fingerprint density at radius 1 is 1.03 bits per heavy atom. The van der Waals surface area contributed by atoms with Crippen LogP contribution in [-0.2, 0) is 14.8 Å². The molecule has 7 nitrogen and oxygen atoms in total. The third kappa shape index (κ3) is 5.25. The Kier molecular flexibility index (Phi) is 7.08. The number of hydrogen-bond acceptors (Lipinski definition) is 6. The molecule has 4 rings (SSSR count). The summed E-state index contributed by atoms with van der Waals surface area (Å²) in [7, 11) is -2.13. The lowest BCUT2D eigenvalue weighted by molar-refractivity contribution is 0.0602. The fraction of sp³-hybridized carbons (Fsp3) is 0.217. The summed E-state index contributed by atoms with van der Waals surface area (Å²) in [5, 5.41) is 6.94. The predicted molar refractivity (Wildman–Crippen MR) is 135 cm³/mol. The van der Waals surface area contributed by atoms with Gasteiger partial charge in [0, 0.05) is 23.7 Å². The Labute approximate surface area is 202 Å². The number of thiocarbonyl (C=S) groups is 1. The molecule has 10 heteroatoms. The summed E-state index contributed by atoms with van der Waals surface area (Å²) in [5.41, 5.74) is 2.00. The summed E-state index contributed by atoms with van der Waals surface area (Å²) in [6.07, 6.45) is 1.78. The number of carbonyl (C=O) groups is 1. The molecular formula is C23H23N3O4S3. The first-order valence-corrected chi connectivity index (χ1v) is 13.0. The van der Waals surface area contributed by atoms with Crippen LogP contribution in [-0.4, -0.2) is 44.0 Å². The van der Waals surface area contributed by atoms with E-state index in [1.54, 1.807) is 30.3 Å². The second kappa shape index (κ2) is 10.0. The molecule has 2 heterocycles. The van der Waals surface area contributed by atoms with E-state index < -0.39 is 16.0 Å². The molecule has 0 bridgehead atoms. The van der Waals surface area contributed by atoms with Gasteiger partial charge in [0.05, 0.1) is 17.6 Å². The van der Waals surface area contributed by atoms with Gasteiger partial charge in [-0.15, -0.1) is 11.3 Å². The van der Waals surface area contributed by atoms with Crippen LogP contribution in [0.2, 0.25) is 0 Å². The molecule has 1 saturated heterocycles. The van der Waals surface area contributed by atoms with Crippen LogP contribution in [0.25, 0.3) is 10.4 Å². The first kappa shape index (κ1) is 23.4. The number of nitrogens with zero attached hydrogens (tertiary/aromatic N) is 1. The summed E-state index contributed by atoms with van der Waals surface area (Å²) < 4.78 is 31.8. The van der Waals surface area contributed by atoms with E-state index in [4.69, 9.17) is 17.0 Å². The molecule has 172 valence electrons. The zero-order valence-electron chi connectivity index (χ0n) is 17.9. The zero-order valence-corrected chi connectivity index (χ0v) is 20.4. The highest BCUT2D eigenvalue weighted by molar-refractivity contribution is 7.89. The standard InChI is InChI=1S/C23H23N3O4S3/c1-30-22(27)19-15-20(16-7-3-2-4-8-16)32-21(19)25-23(31)24-17-9-11-18(12-10-17)33(28,29)26-13-5-6-14-26/h2-4,7-12,15H,5-6,13-14H2,1H3,(H2,24,25,31). The maximum Gasteiger partial charge on any atom is 0.340 e. The van der Waals surface area contributed by atoms with Crippen molar-refractivity contribution in [2.45, 2.75) is 17.7 Å². The van der Waals surface area contributed by atoms with Gasteiger partial charge in [0.25, 0.3) is 0 Å². The van der Waals surface area contributed by atoms with E-state index in [0.717, 1.165) is 23.3 Å². The number of benzene rings is 2. The first-order valence-electron chi connectivity index (χ1n) is 10.3. The number of methoxy groups -OCH3 is 1. The van der Waals surface area contributed by atoms with Crippen LogP contribution in [0, 0.1) is 0 Å². The van der Waals surface area contributed by atoms with Crippen molar-refractivity contribution in [3.8, 4) is 10.4 Å². The highest BCUT2D eigenvalue weighted by Crippen LogP contribution is 2.36. The fourth-order valence-electron chi connectivity index (χ4n) is 3.54. The molecule has 1 aliphatic rings. The number of anilines is 2. The Bertz CT molecular complexity index is 1250.